The number of hydrogen-bond acceptors (Lipinski definition) is 2. The smallest absolute Gasteiger partial charge is 0.190 e. The van der Waals surface area contributed by atoms with Gasteiger partial charge in [0.05, 0.1) is 6.26 Å². The van der Waals surface area contributed by atoms with Gasteiger partial charge in [0.1, 0.15) is 5.76 Å². The van der Waals surface area contributed by atoms with Gasteiger partial charge in [0.2, 0.25) is 0 Å². The maximum Gasteiger partial charge on any atom is 0.190 e. The molecule has 0 fully saturated rings. The molecule has 0 N–H and O–H groups in total. The molecule has 0 aliphatic rings. The SMILES string of the molecule is Cc1occ(C)c(=O)c1C. The summed E-state index contributed by atoms with van der Waals surface area (Å²) < 4.78 is 5.07. The van der Waals surface area contributed by atoms with Gasteiger partial charge >= 0.3 is 0 Å². The zero-order chi connectivity index (χ0) is 7.72. The summed E-state index contributed by atoms with van der Waals surface area (Å²) in [6.45, 7) is 5.31. The van der Waals surface area contributed by atoms with Crippen molar-refractivity contribution in [3.05, 3.63) is 33.4 Å². The lowest BCUT2D eigenvalue weighted by molar-refractivity contribution is 0.505. The Kier molecular flexibility index (Phi) is 1.62. The second-order valence-corrected chi connectivity index (χ2v) is 2.43. The summed E-state index contributed by atoms with van der Waals surface area (Å²) >= 11 is 0. The molecule has 0 saturated carbocycles. The first-order chi connectivity index (χ1) is 4.63. The third-order valence-corrected chi connectivity index (χ3v) is 1.64. The quantitative estimate of drug-likeness (QED) is 0.544. The van der Waals surface area contributed by atoms with Crippen LogP contribution < -0.4 is 5.43 Å². The van der Waals surface area contributed by atoms with Crippen LogP contribution in [0.2, 0.25) is 0 Å². The van der Waals surface area contributed by atoms with Crippen molar-refractivity contribution in [3.8, 4) is 0 Å². The van der Waals surface area contributed by atoms with Crippen LogP contribution in [0.1, 0.15) is 16.9 Å². The molecule has 0 saturated heterocycles. The summed E-state index contributed by atoms with van der Waals surface area (Å²) in [7, 11) is 0. The number of hydrogen-bond donors (Lipinski definition) is 0. The second-order valence-electron chi connectivity index (χ2n) is 2.43. The lowest BCUT2D eigenvalue weighted by atomic mass is 10.2. The molecule has 54 valence electrons. The van der Waals surface area contributed by atoms with Crippen LogP contribution in [0.3, 0.4) is 0 Å². The molecule has 0 aliphatic heterocycles. The Hall–Kier alpha value is -1.05. The van der Waals surface area contributed by atoms with E-state index < -0.39 is 0 Å². The highest BCUT2D eigenvalue weighted by atomic mass is 16.3. The molecule has 2 nitrogen and oxygen atoms in total. The second kappa shape index (κ2) is 2.29. The highest BCUT2D eigenvalue weighted by Crippen LogP contribution is 2.01. The van der Waals surface area contributed by atoms with E-state index in [-0.39, 0.29) is 5.43 Å². The molecule has 1 aromatic rings. The lowest BCUT2D eigenvalue weighted by Crippen LogP contribution is -2.08. The topological polar surface area (TPSA) is 30.2 Å². The van der Waals surface area contributed by atoms with Crippen LogP contribution in [-0.2, 0) is 0 Å². The van der Waals surface area contributed by atoms with Crippen molar-refractivity contribution in [2.45, 2.75) is 20.8 Å². The van der Waals surface area contributed by atoms with E-state index in [2.05, 4.69) is 0 Å². The van der Waals surface area contributed by atoms with Gasteiger partial charge in [0.25, 0.3) is 0 Å². The maximum atomic E-state index is 11.1. The fourth-order valence-electron chi connectivity index (χ4n) is 0.774. The third-order valence-electron chi connectivity index (χ3n) is 1.64. The van der Waals surface area contributed by atoms with Gasteiger partial charge in [-0.2, -0.15) is 0 Å². The average Bonchev–Trinajstić information content (AvgIpc) is 1.93. The highest BCUT2D eigenvalue weighted by molar-refractivity contribution is 5.19. The van der Waals surface area contributed by atoms with Crippen molar-refractivity contribution in [2.24, 2.45) is 0 Å². The summed E-state index contributed by atoms with van der Waals surface area (Å²) in [5, 5.41) is 0. The molecule has 0 spiro atoms. The Labute approximate surface area is 59.5 Å². The normalized spacial score (nSPS) is 9.90. The predicted octanol–water partition coefficient (Wildman–Crippen LogP) is 1.57. The van der Waals surface area contributed by atoms with Crippen molar-refractivity contribution >= 4 is 0 Å². The molecule has 0 aliphatic carbocycles. The van der Waals surface area contributed by atoms with Gasteiger partial charge in [-0.3, -0.25) is 4.79 Å². The predicted molar refractivity (Wildman–Crippen MR) is 39.2 cm³/mol. The minimum atomic E-state index is 0.0868. The fourth-order valence-corrected chi connectivity index (χ4v) is 0.774. The molecule has 0 bridgehead atoms. The van der Waals surface area contributed by atoms with Crippen molar-refractivity contribution in [2.75, 3.05) is 0 Å². The molecule has 1 heterocycles. The minimum absolute atomic E-state index is 0.0868. The van der Waals surface area contributed by atoms with Crippen LogP contribution >= 0.6 is 0 Å². The summed E-state index contributed by atoms with van der Waals surface area (Å²) in [5.74, 6) is 0.704. The van der Waals surface area contributed by atoms with E-state index in [0.29, 0.717) is 16.9 Å². The molecule has 0 aromatic carbocycles. The van der Waals surface area contributed by atoms with Crippen LogP contribution in [0, 0.1) is 20.8 Å². The molecule has 0 atom stereocenters. The van der Waals surface area contributed by atoms with E-state index in [4.69, 9.17) is 4.42 Å². The van der Waals surface area contributed by atoms with E-state index in [1.807, 2.05) is 0 Å². The van der Waals surface area contributed by atoms with Gasteiger partial charge in [-0.15, -0.1) is 0 Å². The van der Waals surface area contributed by atoms with Crippen LogP contribution in [0.15, 0.2) is 15.5 Å². The highest BCUT2D eigenvalue weighted by Gasteiger charge is 2.00. The van der Waals surface area contributed by atoms with E-state index in [9.17, 15) is 4.79 Å². The maximum absolute atomic E-state index is 11.1. The first kappa shape index (κ1) is 7.06. The largest absolute Gasteiger partial charge is 0.469 e. The van der Waals surface area contributed by atoms with E-state index in [1.165, 1.54) is 6.26 Å². The summed E-state index contributed by atoms with van der Waals surface area (Å²) in [5.41, 5.74) is 1.46. The molecule has 0 amide bonds. The minimum Gasteiger partial charge on any atom is -0.469 e. The molecule has 2 heteroatoms. The Morgan fingerprint density at radius 2 is 1.90 bits per heavy atom. The monoisotopic (exact) mass is 138 g/mol. The molecular formula is C8H10O2. The average molecular weight is 138 g/mol. The molecule has 0 radical (unpaired) electrons. The summed E-state index contributed by atoms with van der Waals surface area (Å²) in [6, 6.07) is 0. The van der Waals surface area contributed by atoms with Gasteiger partial charge in [0.15, 0.2) is 5.43 Å². The van der Waals surface area contributed by atoms with Gasteiger partial charge in [-0.05, 0) is 20.8 Å². The van der Waals surface area contributed by atoms with Crippen LogP contribution in [0.25, 0.3) is 0 Å². The zero-order valence-electron chi connectivity index (χ0n) is 6.39. The first-order valence-electron chi connectivity index (χ1n) is 3.18. The van der Waals surface area contributed by atoms with Gasteiger partial charge < -0.3 is 4.42 Å². The van der Waals surface area contributed by atoms with E-state index in [0.717, 1.165) is 0 Å². The Bertz CT molecular complexity index is 297. The third kappa shape index (κ3) is 0.967. The van der Waals surface area contributed by atoms with Crippen LogP contribution in [-0.4, -0.2) is 0 Å². The molecular weight excluding hydrogens is 128 g/mol. The fraction of sp³-hybridized carbons (Fsp3) is 0.375. The molecule has 1 rings (SSSR count). The van der Waals surface area contributed by atoms with E-state index in [1.54, 1.807) is 20.8 Å². The van der Waals surface area contributed by atoms with Crippen LogP contribution in [0.4, 0.5) is 0 Å². The van der Waals surface area contributed by atoms with Gasteiger partial charge in [-0.1, -0.05) is 0 Å². The number of rotatable bonds is 0. The Balaban J connectivity index is 3.50. The Morgan fingerprint density at radius 1 is 1.30 bits per heavy atom. The van der Waals surface area contributed by atoms with Gasteiger partial charge in [-0.25, -0.2) is 0 Å². The standard InChI is InChI=1S/C8H10O2/c1-5-4-10-7(3)6(2)8(5)9/h4H,1-3H3. The van der Waals surface area contributed by atoms with Crippen LogP contribution in [0.5, 0.6) is 0 Å². The molecule has 0 unspecified atom stereocenters. The van der Waals surface area contributed by atoms with Crippen molar-refractivity contribution in [1.82, 2.24) is 0 Å². The zero-order valence-corrected chi connectivity index (χ0v) is 6.39. The number of aryl methyl sites for hydroxylation is 2. The molecule has 10 heavy (non-hydrogen) atoms. The molecule has 1 aromatic heterocycles. The van der Waals surface area contributed by atoms with Gasteiger partial charge in [0, 0.05) is 11.1 Å². The first-order valence-corrected chi connectivity index (χ1v) is 3.18. The van der Waals surface area contributed by atoms with Crippen molar-refractivity contribution in [1.29, 1.82) is 0 Å². The lowest BCUT2D eigenvalue weighted by Gasteiger charge is -1.96. The summed E-state index contributed by atoms with van der Waals surface area (Å²) in [4.78, 5) is 11.1. The Morgan fingerprint density at radius 3 is 2.40 bits per heavy atom. The van der Waals surface area contributed by atoms with E-state index >= 15 is 0 Å². The van der Waals surface area contributed by atoms with Crippen molar-refractivity contribution in [3.63, 3.8) is 0 Å². The summed E-state index contributed by atoms with van der Waals surface area (Å²) in [6.07, 6.45) is 1.49. The van der Waals surface area contributed by atoms with Crippen molar-refractivity contribution < 1.29 is 4.42 Å².